The number of hydrogen-bond acceptors (Lipinski definition) is 2. The highest BCUT2D eigenvalue weighted by atomic mass is 19.2. The number of nitrogens with one attached hydrogen (secondary N) is 1. The smallest absolute Gasteiger partial charge is 0.217 e. The Morgan fingerprint density at radius 1 is 1.44 bits per heavy atom. The van der Waals surface area contributed by atoms with Gasteiger partial charge in [-0.2, -0.15) is 0 Å². The first kappa shape index (κ1) is 12.0. The predicted octanol–water partition coefficient (Wildman–Crippen LogP) is 1.16. The molecule has 84 valence electrons. The van der Waals surface area contributed by atoms with Crippen LogP contribution in [0.2, 0.25) is 0 Å². The number of rotatable bonds is 1. The summed E-state index contributed by atoms with van der Waals surface area (Å²) >= 11 is 0. The molecule has 5 heteroatoms. The van der Waals surface area contributed by atoms with Crippen LogP contribution in [0.4, 0.5) is 8.78 Å². The van der Waals surface area contributed by atoms with Crippen LogP contribution in [-0.4, -0.2) is 17.6 Å². The van der Waals surface area contributed by atoms with Gasteiger partial charge < -0.3 is 10.4 Å². The summed E-state index contributed by atoms with van der Waals surface area (Å²) < 4.78 is 25.4. The highest BCUT2D eigenvalue weighted by Crippen LogP contribution is 2.19. The van der Waals surface area contributed by atoms with Crippen molar-refractivity contribution in [1.29, 1.82) is 0 Å². The van der Waals surface area contributed by atoms with Gasteiger partial charge in [-0.3, -0.25) is 4.79 Å². The standard InChI is InChI=1S/C11H9F2NO2/c1-7(15)14-4-2-3-8-5-9(12)10(13)6-11(8)16/h5-6,16H,4H2,1H3,(H,14,15). The van der Waals surface area contributed by atoms with Gasteiger partial charge in [0, 0.05) is 13.0 Å². The second kappa shape index (κ2) is 5.12. The number of amides is 1. The minimum absolute atomic E-state index is 0.0238. The van der Waals surface area contributed by atoms with Gasteiger partial charge in [0.2, 0.25) is 5.91 Å². The van der Waals surface area contributed by atoms with E-state index in [0.717, 1.165) is 6.07 Å². The number of phenols is 1. The van der Waals surface area contributed by atoms with E-state index in [4.69, 9.17) is 0 Å². The van der Waals surface area contributed by atoms with Crippen LogP contribution in [0.5, 0.6) is 5.75 Å². The maximum Gasteiger partial charge on any atom is 0.217 e. The third-order valence-corrected chi connectivity index (χ3v) is 1.69. The number of benzene rings is 1. The predicted molar refractivity (Wildman–Crippen MR) is 53.6 cm³/mol. The molecule has 0 aliphatic carbocycles. The lowest BCUT2D eigenvalue weighted by Crippen LogP contribution is -2.19. The maximum absolute atomic E-state index is 12.8. The Bertz CT molecular complexity index is 475. The Balaban J connectivity index is 2.81. The molecular formula is C11H9F2NO2. The molecule has 1 amide bonds. The molecule has 0 aromatic heterocycles. The van der Waals surface area contributed by atoms with Gasteiger partial charge in [0.15, 0.2) is 11.6 Å². The Morgan fingerprint density at radius 2 is 2.06 bits per heavy atom. The second-order valence-electron chi connectivity index (χ2n) is 2.99. The molecule has 0 spiro atoms. The normalized spacial score (nSPS) is 9.19. The molecule has 0 unspecified atom stereocenters. The van der Waals surface area contributed by atoms with Gasteiger partial charge in [-0.25, -0.2) is 8.78 Å². The topological polar surface area (TPSA) is 49.3 Å². The van der Waals surface area contributed by atoms with Gasteiger partial charge in [-0.1, -0.05) is 11.8 Å². The van der Waals surface area contributed by atoms with Gasteiger partial charge in [0.25, 0.3) is 0 Å². The molecule has 0 heterocycles. The van der Waals surface area contributed by atoms with Crippen molar-refractivity contribution in [2.45, 2.75) is 6.92 Å². The first-order valence-corrected chi connectivity index (χ1v) is 4.42. The van der Waals surface area contributed by atoms with E-state index in [9.17, 15) is 18.7 Å². The molecule has 0 saturated heterocycles. The van der Waals surface area contributed by atoms with Crippen LogP contribution in [0.1, 0.15) is 12.5 Å². The molecule has 0 saturated carbocycles. The highest BCUT2D eigenvalue weighted by Gasteiger charge is 2.06. The number of carbonyl (C=O) groups is 1. The monoisotopic (exact) mass is 225 g/mol. The second-order valence-corrected chi connectivity index (χ2v) is 2.99. The molecule has 0 aliphatic rings. The number of halogens is 2. The Hall–Kier alpha value is -2.09. The van der Waals surface area contributed by atoms with E-state index in [1.165, 1.54) is 6.92 Å². The molecule has 0 fully saturated rings. The Kier molecular flexibility index (Phi) is 3.84. The zero-order chi connectivity index (χ0) is 12.1. The van der Waals surface area contributed by atoms with E-state index in [0.29, 0.717) is 6.07 Å². The largest absolute Gasteiger partial charge is 0.507 e. The van der Waals surface area contributed by atoms with E-state index >= 15 is 0 Å². The molecule has 3 nitrogen and oxygen atoms in total. The zero-order valence-corrected chi connectivity index (χ0v) is 8.47. The van der Waals surface area contributed by atoms with Crippen LogP contribution in [0.3, 0.4) is 0 Å². The lowest BCUT2D eigenvalue weighted by molar-refractivity contribution is -0.118. The summed E-state index contributed by atoms with van der Waals surface area (Å²) in [7, 11) is 0. The van der Waals surface area contributed by atoms with Crippen LogP contribution in [-0.2, 0) is 4.79 Å². The zero-order valence-electron chi connectivity index (χ0n) is 8.47. The summed E-state index contributed by atoms with van der Waals surface area (Å²) in [4.78, 5) is 10.5. The van der Waals surface area contributed by atoms with Crippen molar-refractivity contribution in [3.8, 4) is 17.6 Å². The van der Waals surface area contributed by atoms with Crippen LogP contribution < -0.4 is 5.32 Å². The van der Waals surface area contributed by atoms with Crippen molar-refractivity contribution in [1.82, 2.24) is 5.32 Å². The molecule has 1 rings (SSSR count). The molecular weight excluding hydrogens is 216 g/mol. The van der Waals surface area contributed by atoms with Gasteiger partial charge in [0.05, 0.1) is 12.1 Å². The van der Waals surface area contributed by atoms with Crippen molar-refractivity contribution in [3.63, 3.8) is 0 Å². The summed E-state index contributed by atoms with van der Waals surface area (Å²) in [5.74, 6) is 2.01. The van der Waals surface area contributed by atoms with Gasteiger partial charge in [0.1, 0.15) is 5.75 Å². The van der Waals surface area contributed by atoms with Crippen molar-refractivity contribution in [2.75, 3.05) is 6.54 Å². The third-order valence-electron chi connectivity index (χ3n) is 1.69. The molecule has 0 bridgehead atoms. The first-order valence-electron chi connectivity index (χ1n) is 4.42. The number of aromatic hydroxyl groups is 1. The number of carbonyl (C=O) groups excluding carboxylic acids is 1. The third kappa shape index (κ3) is 3.24. The highest BCUT2D eigenvalue weighted by molar-refractivity contribution is 5.73. The number of phenolic OH excluding ortho intramolecular Hbond substituents is 1. The molecule has 1 aromatic rings. The van der Waals surface area contributed by atoms with E-state index in [2.05, 4.69) is 17.2 Å². The fourth-order valence-corrected chi connectivity index (χ4v) is 0.945. The fourth-order valence-electron chi connectivity index (χ4n) is 0.945. The average molecular weight is 225 g/mol. The quantitative estimate of drug-likeness (QED) is 0.704. The summed E-state index contributed by atoms with van der Waals surface area (Å²) in [6.45, 7) is 1.41. The van der Waals surface area contributed by atoms with Gasteiger partial charge in [-0.15, -0.1) is 0 Å². The SMILES string of the molecule is CC(=O)NCC#Cc1cc(F)c(F)cc1O. The Morgan fingerprint density at radius 3 is 2.69 bits per heavy atom. The van der Waals surface area contributed by atoms with E-state index in [-0.39, 0.29) is 18.0 Å². The van der Waals surface area contributed by atoms with Gasteiger partial charge in [-0.05, 0) is 6.07 Å². The van der Waals surface area contributed by atoms with Crippen LogP contribution in [0.15, 0.2) is 12.1 Å². The minimum atomic E-state index is -1.13. The van der Waals surface area contributed by atoms with Crippen LogP contribution in [0.25, 0.3) is 0 Å². The maximum atomic E-state index is 12.8. The molecule has 2 N–H and O–H groups in total. The minimum Gasteiger partial charge on any atom is -0.507 e. The fraction of sp³-hybridized carbons (Fsp3) is 0.182. The summed E-state index contributed by atoms with van der Waals surface area (Å²) in [6.07, 6.45) is 0. The average Bonchev–Trinajstić information content (AvgIpc) is 2.19. The van der Waals surface area contributed by atoms with Crippen molar-refractivity contribution in [3.05, 3.63) is 29.3 Å². The first-order chi connectivity index (χ1) is 7.50. The van der Waals surface area contributed by atoms with E-state index in [1.807, 2.05) is 0 Å². The lowest BCUT2D eigenvalue weighted by Gasteiger charge is -1.98. The molecule has 0 aliphatic heterocycles. The lowest BCUT2D eigenvalue weighted by atomic mass is 10.2. The van der Waals surface area contributed by atoms with E-state index in [1.54, 1.807) is 0 Å². The van der Waals surface area contributed by atoms with Crippen LogP contribution >= 0.6 is 0 Å². The molecule has 1 aromatic carbocycles. The van der Waals surface area contributed by atoms with Crippen molar-refractivity contribution < 1.29 is 18.7 Å². The van der Waals surface area contributed by atoms with Crippen molar-refractivity contribution >= 4 is 5.91 Å². The van der Waals surface area contributed by atoms with Crippen LogP contribution in [0, 0.1) is 23.5 Å². The molecule has 16 heavy (non-hydrogen) atoms. The summed E-state index contributed by atoms with van der Waals surface area (Å²) in [5.41, 5.74) is -0.0238. The van der Waals surface area contributed by atoms with E-state index < -0.39 is 17.4 Å². The van der Waals surface area contributed by atoms with Crippen molar-refractivity contribution in [2.24, 2.45) is 0 Å². The molecule has 0 atom stereocenters. The van der Waals surface area contributed by atoms with Gasteiger partial charge >= 0.3 is 0 Å². The molecule has 0 radical (unpaired) electrons. The Labute approximate surface area is 91.1 Å². The summed E-state index contributed by atoms with van der Waals surface area (Å²) in [6, 6.07) is 1.45. The number of hydrogen-bond donors (Lipinski definition) is 2. The summed E-state index contributed by atoms with van der Waals surface area (Å²) in [5, 5.41) is 11.6.